The van der Waals surface area contributed by atoms with Crippen LogP contribution in [0.4, 0.5) is 5.13 Å². The fourth-order valence-electron chi connectivity index (χ4n) is 2.65. The molecule has 4 nitrogen and oxygen atoms in total. The molecule has 1 atom stereocenters. The molecule has 102 valence electrons. The van der Waals surface area contributed by atoms with Gasteiger partial charge in [0.2, 0.25) is 0 Å². The molecule has 0 saturated carbocycles. The van der Waals surface area contributed by atoms with Crippen LogP contribution in [0.5, 0.6) is 0 Å². The molecule has 2 heterocycles. The monoisotopic (exact) mass is 269 g/mol. The fraction of sp³-hybridized carbons (Fsp3) is 0.769. The molecule has 0 spiro atoms. The lowest BCUT2D eigenvalue weighted by Gasteiger charge is -2.25. The van der Waals surface area contributed by atoms with Gasteiger partial charge in [0.05, 0.1) is 17.2 Å². The first-order valence-corrected chi connectivity index (χ1v) is 7.57. The summed E-state index contributed by atoms with van der Waals surface area (Å²) in [6.07, 6.45) is 1.22. The second kappa shape index (κ2) is 5.99. The van der Waals surface area contributed by atoms with Crippen LogP contribution < -0.4 is 4.90 Å². The molecule has 0 aliphatic carbocycles. The maximum absolute atomic E-state index is 9.23. The summed E-state index contributed by atoms with van der Waals surface area (Å²) in [7, 11) is 0. The van der Waals surface area contributed by atoms with Gasteiger partial charge in [-0.2, -0.15) is 0 Å². The SMILES string of the molecule is CCN(CC)C1CCN(c2nc(C)c(CO)s2)C1. The van der Waals surface area contributed by atoms with Gasteiger partial charge < -0.3 is 10.0 Å². The van der Waals surface area contributed by atoms with E-state index in [0.29, 0.717) is 6.04 Å². The van der Waals surface area contributed by atoms with E-state index < -0.39 is 0 Å². The highest BCUT2D eigenvalue weighted by Gasteiger charge is 2.28. The zero-order valence-electron chi connectivity index (χ0n) is 11.5. The summed E-state index contributed by atoms with van der Waals surface area (Å²) in [6.45, 7) is 10.9. The number of likely N-dealkylation sites (N-methyl/N-ethyl adjacent to an activating group) is 1. The predicted molar refractivity (Wildman–Crippen MR) is 76.3 cm³/mol. The number of aliphatic hydroxyl groups is 1. The Morgan fingerprint density at radius 3 is 2.72 bits per heavy atom. The second-order valence-electron chi connectivity index (χ2n) is 4.77. The van der Waals surface area contributed by atoms with Crippen molar-refractivity contribution in [1.29, 1.82) is 0 Å². The van der Waals surface area contributed by atoms with Crippen LogP contribution >= 0.6 is 11.3 Å². The van der Waals surface area contributed by atoms with Crippen LogP contribution in [0.25, 0.3) is 0 Å². The molecule has 1 unspecified atom stereocenters. The molecule has 0 amide bonds. The molecule has 0 radical (unpaired) electrons. The highest BCUT2D eigenvalue weighted by molar-refractivity contribution is 7.15. The van der Waals surface area contributed by atoms with Gasteiger partial charge >= 0.3 is 0 Å². The maximum Gasteiger partial charge on any atom is 0.185 e. The molecule has 1 aromatic rings. The van der Waals surface area contributed by atoms with Crippen LogP contribution in [-0.4, -0.2) is 47.2 Å². The summed E-state index contributed by atoms with van der Waals surface area (Å²) in [4.78, 5) is 10.5. The topological polar surface area (TPSA) is 39.6 Å². The number of anilines is 1. The molecule has 18 heavy (non-hydrogen) atoms. The van der Waals surface area contributed by atoms with Gasteiger partial charge in [-0.05, 0) is 26.4 Å². The average Bonchev–Trinajstić information content (AvgIpc) is 2.97. The first kappa shape index (κ1) is 13.8. The van der Waals surface area contributed by atoms with E-state index in [0.717, 1.165) is 41.9 Å². The third-order valence-electron chi connectivity index (χ3n) is 3.79. The molecule has 1 fully saturated rings. The van der Waals surface area contributed by atoms with E-state index >= 15 is 0 Å². The molecule has 0 aromatic carbocycles. The molecule has 1 saturated heterocycles. The van der Waals surface area contributed by atoms with Gasteiger partial charge in [0, 0.05) is 19.1 Å². The zero-order chi connectivity index (χ0) is 13.1. The molecule has 1 aromatic heterocycles. The Morgan fingerprint density at radius 2 is 2.17 bits per heavy atom. The molecule has 5 heteroatoms. The largest absolute Gasteiger partial charge is 0.391 e. The predicted octanol–water partition coefficient (Wildman–Crippen LogP) is 1.86. The Morgan fingerprint density at radius 1 is 1.44 bits per heavy atom. The number of aryl methyl sites for hydroxylation is 1. The van der Waals surface area contributed by atoms with Crippen LogP contribution in [-0.2, 0) is 6.61 Å². The van der Waals surface area contributed by atoms with Crippen molar-refractivity contribution < 1.29 is 5.11 Å². The third-order valence-corrected chi connectivity index (χ3v) is 4.99. The van der Waals surface area contributed by atoms with Crippen molar-refractivity contribution in [2.75, 3.05) is 31.1 Å². The lowest BCUT2D eigenvalue weighted by Crippen LogP contribution is -2.37. The van der Waals surface area contributed by atoms with Crippen molar-refractivity contribution in [3.8, 4) is 0 Å². The highest BCUT2D eigenvalue weighted by Crippen LogP contribution is 2.29. The molecule has 0 bridgehead atoms. The van der Waals surface area contributed by atoms with E-state index in [1.165, 1.54) is 6.42 Å². The summed E-state index contributed by atoms with van der Waals surface area (Å²) in [5.41, 5.74) is 0.976. The first-order valence-electron chi connectivity index (χ1n) is 6.75. The van der Waals surface area contributed by atoms with Crippen molar-refractivity contribution in [3.63, 3.8) is 0 Å². The number of aromatic nitrogens is 1. The summed E-state index contributed by atoms with van der Waals surface area (Å²) in [6, 6.07) is 0.654. The van der Waals surface area contributed by atoms with Gasteiger partial charge in [-0.1, -0.05) is 25.2 Å². The van der Waals surface area contributed by atoms with Crippen molar-refractivity contribution in [2.24, 2.45) is 0 Å². The number of thiazole rings is 1. The molecule has 2 rings (SSSR count). The summed E-state index contributed by atoms with van der Waals surface area (Å²) >= 11 is 1.63. The fourth-order valence-corrected chi connectivity index (χ4v) is 3.60. The standard InChI is InChI=1S/C13H23N3OS/c1-4-15(5-2)11-6-7-16(8-11)13-14-10(3)12(9-17)18-13/h11,17H,4-9H2,1-3H3. The third kappa shape index (κ3) is 2.68. The molecule has 1 aliphatic rings. The van der Waals surface area contributed by atoms with Gasteiger partial charge in [-0.25, -0.2) is 4.98 Å². The van der Waals surface area contributed by atoms with Gasteiger partial charge in [0.25, 0.3) is 0 Å². The number of hydrogen-bond donors (Lipinski definition) is 1. The molecular weight excluding hydrogens is 246 g/mol. The van der Waals surface area contributed by atoms with Crippen molar-refractivity contribution in [1.82, 2.24) is 9.88 Å². The average molecular weight is 269 g/mol. The van der Waals surface area contributed by atoms with Crippen molar-refractivity contribution >= 4 is 16.5 Å². The second-order valence-corrected chi connectivity index (χ2v) is 5.83. The molecule has 1 N–H and O–H groups in total. The molecule has 1 aliphatic heterocycles. The summed E-state index contributed by atoms with van der Waals surface area (Å²) in [5.74, 6) is 0. The number of hydrogen-bond acceptors (Lipinski definition) is 5. The minimum absolute atomic E-state index is 0.108. The quantitative estimate of drug-likeness (QED) is 0.886. The van der Waals surface area contributed by atoms with E-state index in [2.05, 4.69) is 28.6 Å². The van der Waals surface area contributed by atoms with Crippen LogP contribution in [0.2, 0.25) is 0 Å². The van der Waals surface area contributed by atoms with E-state index in [1.807, 2.05) is 6.92 Å². The van der Waals surface area contributed by atoms with E-state index in [1.54, 1.807) is 11.3 Å². The number of nitrogens with zero attached hydrogens (tertiary/aromatic N) is 3. The van der Waals surface area contributed by atoms with E-state index in [4.69, 9.17) is 0 Å². The maximum atomic E-state index is 9.23. The van der Waals surface area contributed by atoms with Crippen LogP contribution in [0, 0.1) is 6.92 Å². The molecular formula is C13H23N3OS. The number of aliphatic hydroxyl groups excluding tert-OH is 1. The number of rotatable bonds is 5. The van der Waals surface area contributed by atoms with Crippen molar-refractivity contribution in [3.05, 3.63) is 10.6 Å². The Hall–Kier alpha value is -0.650. The van der Waals surface area contributed by atoms with Gasteiger partial charge in [0.15, 0.2) is 5.13 Å². The normalized spacial score (nSPS) is 20.1. The minimum atomic E-state index is 0.108. The summed E-state index contributed by atoms with van der Waals surface area (Å²) in [5, 5.41) is 10.3. The zero-order valence-corrected chi connectivity index (χ0v) is 12.3. The van der Waals surface area contributed by atoms with Crippen LogP contribution in [0.1, 0.15) is 30.8 Å². The first-order chi connectivity index (χ1) is 8.69. The van der Waals surface area contributed by atoms with Crippen molar-refractivity contribution in [2.45, 2.75) is 39.8 Å². The Bertz CT molecular complexity index is 390. The highest BCUT2D eigenvalue weighted by atomic mass is 32.1. The summed E-state index contributed by atoms with van der Waals surface area (Å²) < 4.78 is 0. The lowest BCUT2D eigenvalue weighted by molar-refractivity contribution is 0.232. The Labute approximate surface area is 113 Å². The van der Waals surface area contributed by atoms with E-state index in [9.17, 15) is 5.11 Å². The van der Waals surface area contributed by atoms with Gasteiger partial charge in [-0.3, -0.25) is 4.90 Å². The Kier molecular flexibility index (Phi) is 4.59. The minimum Gasteiger partial charge on any atom is -0.391 e. The van der Waals surface area contributed by atoms with E-state index in [-0.39, 0.29) is 6.61 Å². The van der Waals surface area contributed by atoms with Crippen LogP contribution in [0.3, 0.4) is 0 Å². The lowest BCUT2D eigenvalue weighted by atomic mass is 10.2. The smallest absolute Gasteiger partial charge is 0.185 e. The van der Waals surface area contributed by atoms with Gasteiger partial charge in [0.1, 0.15) is 0 Å². The van der Waals surface area contributed by atoms with Crippen LogP contribution in [0.15, 0.2) is 0 Å². The van der Waals surface area contributed by atoms with Gasteiger partial charge in [-0.15, -0.1) is 0 Å². The Balaban J connectivity index is 2.03.